The molecule has 4 heteroatoms. The van der Waals surface area contributed by atoms with Gasteiger partial charge in [-0.25, -0.2) is 0 Å². The predicted octanol–water partition coefficient (Wildman–Crippen LogP) is 2.27. The lowest BCUT2D eigenvalue weighted by molar-refractivity contribution is 0.431. The van der Waals surface area contributed by atoms with E-state index in [1.807, 2.05) is 23.6 Å². The average Bonchev–Trinajstić information content (AvgIpc) is 2.75. The predicted molar refractivity (Wildman–Crippen MR) is 44.5 cm³/mol. The van der Waals surface area contributed by atoms with Gasteiger partial charge in [0.25, 0.3) is 0 Å². The van der Waals surface area contributed by atoms with Gasteiger partial charge in [0.15, 0.2) is 11.5 Å². The minimum atomic E-state index is 0.318. The van der Waals surface area contributed by atoms with Crippen molar-refractivity contribution in [3.8, 4) is 16.7 Å². The van der Waals surface area contributed by atoms with E-state index in [1.165, 1.54) is 0 Å². The molecular formula is C8H4N2OS. The molecule has 0 radical (unpaired) electrons. The summed E-state index contributed by atoms with van der Waals surface area (Å²) < 4.78 is 4.94. The van der Waals surface area contributed by atoms with Gasteiger partial charge in [0.05, 0.1) is 4.88 Å². The van der Waals surface area contributed by atoms with Crippen LogP contribution in [0.4, 0.5) is 0 Å². The van der Waals surface area contributed by atoms with Gasteiger partial charge in [-0.1, -0.05) is 11.2 Å². The topological polar surface area (TPSA) is 49.8 Å². The van der Waals surface area contributed by atoms with Crippen molar-refractivity contribution in [3.05, 3.63) is 29.3 Å². The zero-order valence-electron chi connectivity index (χ0n) is 6.02. The molecule has 0 fully saturated rings. The van der Waals surface area contributed by atoms with Gasteiger partial charge in [0, 0.05) is 6.07 Å². The number of hydrogen-bond acceptors (Lipinski definition) is 4. The van der Waals surface area contributed by atoms with Crippen LogP contribution >= 0.6 is 11.3 Å². The highest BCUT2D eigenvalue weighted by Crippen LogP contribution is 2.24. The number of hydrogen-bond donors (Lipinski definition) is 0. The largest absolute Gasteiger partial charge is 0.354 e. The van der Waals surface area contributed by atoms with Crippen LogP contribution in [0.15, 0.2) is 28.1 Å². The van der Waals surface area contributed by atoms with E-state index in [-0.39, 0.29) is 0 Å². The SMILES string of the molecule is N#Cc1cc(-c2cccs2)on1. The number of rotatable bonds is 1. The summed E-state index contributed by atoms with van der Waals surface area (Å²) >= 11 is 1.56. The summed E-state index contributed by atoms with van der Waals surface area (Å²) in [5.74, 6) is 0.654. The lowest BCUT2D eigenvalue weighted by Crippen LogP contribution is -1.64. The van der Waals surface area contributed by atoms with Gasteiger partial charge in [0.1, 0.15) is 6.07 Å². The highest BCUT2D eigenvalue weighted by molar-refractivity contribution is 7.13. The van der Waals surface area contributed by atoms with E-state index in [0.717, 1.165) is 4.88 Å². The monoisotopic (exact) mass is 176 g/mol. The fraction of sp³-hybridized carbons (Fsp3) is 0. The molecule has 0 N–H and O–H groups in total. The van der Waals surface area contributed by atoms with Crippen LogP contribution in [0.1, 0.15) is 5.69 Å². The lowest BCUT2D eigenvalue weighted by atomic mass is 10.3. The Morgan fingerprint density at radius 3 is 3.08 bits per heavy atom. The molecule has 0 aromatic carbocycles. The highest BCUT2D eigenvalue weighted by atomic mass is 32.1. The van der Waals surface area contributed by atoms with Crippen LogP contribution < -0.4 is 0 Å². The maximum Gasteiger partial charge on any atom is 0.184 e. The van der Waals surface area contributed by atoms with Gasteiger partial charge in [-0.05, 0) is 11.4 Å². The van der Waals surface area contributed by atoms with Crippen LogP contribution in [0.25, 0.3) is 10.6 Å². The van der Waals surface area contributed by atoms with Gasteiger partial charge in [-0.2, -0.15) is 5.26 Å². The zero-order chi connectivity index (χ0) is 8.39. The van der Waals surface area contributed by atoms with Crippen molar-refractivity contribution in [1.29, 1.82) is 5.26 Å². The van der Waals surface area contributed by atoms with Gasteiger partial charge >= 0.3 is 0 Å². The molecule has 0 aliphatic heterocycles. The molecule has 0 bridgehead atoms. The van der Waals surface area contributed by atoms with Gasteiger partial charge in [-0.15, -0.1) is 11.3 Å². The van der Waals surface area contributed by atoms with Crippen molar-refractivity contribution in [3.63, 3.8) is 0 Å². The fourth-order valence-electron chi connectivity index (χ4n) is 0.863. The van der Waals surface area contributed by atoms with Crippen molar-refractivity contribution >= 4 is 11.3 Å². The zero-order valence-corrected chi connectivity index (χ0v) is 6.84. The Morgan fingerprint density at radius 2 is 2.50 bits per heavy atom. The van der Waals surface area contributed by atoms with E-state index in [4.69, 9.17) is 9.78 Å². The Balaban J connectivity index is 2.44. The molecule has 2 rings (SSSR count). The third-order valence-electron chi connectivity index (χ3n) is 1.39. The van der Waals surface area contributed by atoms with Gasteiger partial charge in [-0.3, -0.25) is 0 Å². The first-order valence-corrected chi connectivity index (χ1v) is 4.19. The molecule has 0 saturated heterocycles. The van der Waals surface area contributed by atoms with Crippen LogP contribution in [0.2, 0.25) is 0 Å². The van der Waals surface area contributed by atoms with E-state index >= 15 is 0 Å². The summed E-state index contributed by atoms with van der Waals surface area (Å²) in [4.78, 5) is 0.990. The summed E-state index contributed by atoms with van der Waals surface area (Å²) in [6, 6.07) is 7.39. The molecule has 58 valence electrons. The molecule has 12 heavy (non-hydrogen) atoms. The molecule has 0 amide bonds. The molecule has 0 aliphatic carbocycles. The van der Waals surface area contributed by atoms with Crippen LogP contribution in [0.5, 0.6) is 0 Å². The van der Waals surface area contributed by atoms with Gasteiger partial charge < -0.3 is 4.52 Å². The lowest BCUT2D eigenvalue weighted by Gasteiger charge is -1.82. The Labute approximate surface area is 72.9 Å². The summed E-state index contributed by atoms with van der Waals surface area (Å²) in [5.41, 5.74) is 0.318. The Bertz CT molecular complexity index is 410. The minimum absolute atomic E-state index is 0.318. The summed E-state index contributed by atoms with van der Waals surface area (Å²) in [7, 11) is 0. The number of aromatic nitrogens is 1. The number of thiophene rings is 1. The molecule has 0 aliphatic rings. The first-order chi connectivity index (χ1) is 5.90. The third-order valence-corrected chi connectivity index (χ3v) is 2.27. The van der Waals surface area contributed by atoms with E-state index in [1.54, 1.807) is 17.4 Å². The molecule has 2 aromatic heterocycles. The minimum Gasteiger partial charge on any atom is -0.354 e. The fourth-order valence-corrected chi connectivity index (χ4v) is 1.54. The summed E-state index contributed by atoms with van der Waals surface area (Å²) in [5, 5.41) is 14.0. The standard InChI is InChI=1S/C8H4N2OS/c9-5-6-4-7(11-10-6)8-2-1-3-12-8/h1-4H. The molecule has 0 unspecified atom stereocenters. The highest BCUT2D eigenvalue weighted by Gasteiger charge is 2.05. The van der Waals surface area contributed by atoms with Crippen molar-refractivity contribution in [1.82, 2.24) is 5.16 Å². The Morgan fingerprint density at radius 1 is 1.58 bits per heavy atom. The first kappa shape index (κ1) is 7.07. The molecule has 2 heterocycles. The molecule has 0 saturated carbocycles. The molecule has 0 atom stereocenters. The first-order valence-electron chi connectivity index (χ1n) is 3.31. The quantitative estimate of drug-likeness (QED) is 0.669. The van der Waals surface area contributed by atoms with E-state index in [0.29, 0.717) is 11.5 Å². The second kappa shape index (κ2) is 2.80. The normalized spacial score (nSPS) is 9.58. The molecule has 2 aromatic rings. The van der Waals surface area contributed by atoms with Crippen molar-refractivity contribution in [2.75, 3.05) is 0 Å². The second-order valence-electron chi connectivity index (χ2n) is 2.17. The van der Waals surface area contributed by atoms with E-state index in [9.17, 15) is 0 Å². The van der Waals surface area contributed by atoms with E-state index < -0.39 is 0 Å². The van der Waals surface area contributed by atoms with Crippen molar-refractivity contribution in [2.24, 2.45) is 0 Å². The Kier molecular flexibility index (Phi) is 1.65. The second-order valence-corrected chi connectivity index (χ2v) is 3.11. The smallest absolute Gasteiger partial charge is 0.184 e. The number of nitrogens with zero attached hydrogens (tertiary/aromatic N) is 2. The van der Waals surface area contributed by atoms with Crippen molar-refractivity contribution in [2.45, 2.75) is 0 Å². The van der Waals surface area contributed by atoms with E-state index in [2.05, 4.69) is 5.16 Å². The molecular weight excluding hydrogens is 172 g/mol. The van der Waals surface area contributed by atoms with Crippen LogP contribution in [-0.2, 0) is 0 Å². The van der Waals surface area contributed by atoms with Crippen LogP contribution in [-0.4, -0.2) is 5.16 Å². The molecule has 0 spiro atoms. The maximum absolute atomic E-state index is 8.48. The molecule has 3 nitrogen and oxygen atoms in total. The Hall–Kier alpha value is -1.60. The van der Waals surface area contributed by atoms with Crippen LogP contribution in [0, 0.1) is 11.3 Å². The van der Waals surface area contributed by atoms with Crippen molar-refractivity contribution < 1.29 is 4.52 Å². The van der Waals surface area contributed by atoms with Crippen LogP contribution in [0.3, 0.4) is 0 Å². The average molecular weight is 176 g/mol. The summed E-state index contributed by atoms with van der Waals surface area (Å²) in [6.45, 7) is 0. The summed E-state index contributed by atoms with van der Waals surface area (Å²) in [6.07, 6.45) is 0. The van der Waals surface area contributed by atoms with Gasteiger partial charge in [0.2, 0.25) is 0 Å². The number of nitriles is 1. The third kappa shape index (κ3) is 1.11. The maximum atomic E-state index is 8.48.